The van der Waals surface area contributed by atoms with Crippen molar-refractivity contribution in [3.8, 4) is 10.4 Å². The Kier molecular flexibility index (Phi) is 2.79. The van der Waals surface area contributed by atoms with Crippen LogP contribution < -0.4 is 5.32 Å². The summed E-state index contributed by atoms with van der Waals surface area (Å²) < 4.78 is 1.12. The summed E-state index contributed by atoms with van der Waals surface area (Å²) in [5.74, 6) is 0.643. The van der Waals surface area contributed by atoms with Crippen molar-refractivity contribution in [2.45, 2.75) is 0 Å². The van der Waals surface area contributed by atoms with E-state index in [1.807, 2.05) is 24.5 Å². The molecule has 14 heavy (non-hydrogen) atoms. The van der Waals surface area contributed by atoms with Crippen LogP contribution in [0.25, 0.3) is 10.4 Å². The van der Waals surface area contributed by atoms with Crippen LogP contribution in [0.4, 0.5) is 5.95 Å². The van der Waals surface area contributed by atoms with Crippen molar-refractivity contribution < 1.29 is 0 Å². The fourth-order valence-electron chi connectivity index (χ4n) is 1.05. The third-order valence-corrected chi connectivity index (χ3v) is 3.41. The van der Waals surface area contributed by atoms with E-state index in [1.165, 1.54) is 4.88 Å². The first kappa shape index (κ1) is 9.61. The number of hydrogen-bond donors (Lipinski definition) is 1. The first-order valence-corrected chi connectivity index (χ1v) is 5.66. The molecule has 2 heterocycles. The van der Waals surface area contributed by atoms with Gasteiger partial charge in [-0.25, -0.2) is 9.97 Å². The van der Waals surface area contributed by atoms with Crippen LogP contribution in [0.5, 0.6) is 0 Å². The highest BCUT2D eigenvalue weighted by Crippen LogP contribution is 2.30. The van der Waals surface area contributed by atoms with Crippen molar-refractivity contribution in [1.82, 2.24) is 9.97 Å². The minimum absolute atomic E-state index is 0.643. The van der Waals surface area contributed by atoms with Gasteiger partial charge < -0.3 is 5.32 Å². The third-order valence-electron chi connectivity index (χ3n) is 1.73. The molecule has 72 valence electrons. The maximum atomic E-state index is 4.15. The lowest BCUT2D eigenvalue weighted by Gasteiger charge is -1.98. The first-order valence-electron chi connectivity index (χ1n) is 4.05. The molecule has 0 bridgehead atoms. The number of nitrogens with zero attached hydrogens (tertiary/aromatic N) is 2. The van der Waals surface area contributed by atoms with Crippen molar-refractivity contribution in [1.29, 1.82) is 0 Å². The van der Waals surface area contributed by atoms with E-state index in [-0.39, 0.29) is 0 Å². The molecule has 2 rings (SSSR count). The van der Waals surface area contributed by atoms with Crippen molar-refractivity contribution in [2.24, 2.45) is 0 Å². The number of nitrogens with one attached hydrogen (secondary N) is 1. The molecule has 0 amide bonds. The quantitative estimate of drug-likeness (QED) is 0.911. The lowest BCUT2D eigenvalue weighted by atomic mass is 10.3. The zero-order valence-corrected chi connectivity index (χ0v) is 9.89. The Morgan fingerprint density at radius 3 is 2.50 bits per heavy atom. The SMILES string of the molecule is CNc1ncc(-c2ccc(Br)s2)cn1. The molecule has 0 saturated heterocycles. The van der Waals surface area contributed by atoms with Crippen LogP contribution in [0, 0.1) is 0 Å². The van der Waals surface area contributed by atoms with E-state index in [9.17, 15) is 0 Å². The first-order chi connectivity index (χ1) is 6.79. The Morgan fingerprint density at radius 1 is 1.29 bits per heavy atom. The number of anilines is 1. The molecule has 5 heteroatoms. The molecular formula is C9H8BrN3S. The molecule has 0 aromatic carbocycles. The molecule has 2 aromatic rings. The van der Waals surface area contributed by atoms with Gasteiger partial charge in [0.15, 0.2) is 0 Å². The minimum Gasteiger partial charge on any atom is -0.357 e. The van der Waals surface area contributed by atoms with Gasteiger partial charge in [0.1, 0.15) is 0 Å². The number of thiophene rings is 1. The summed E-state index contributed by atoms with van der Waals surface area (Å²) in [6.07, 6.45) is 3.63. The maximum absolute atomic E-state index is 4.15. The average Bonchev–Trinajstić information content (AvgIpc) is 2.65. The molecule has 0 radical (unpaired) electrons. The second-order valence-corrected chi connectivity index (χ2v) is 5.11. The van der Waals surface area contributed by atoms with Gasteiger partial charge in [0.05, 0.1) is 3.79 Å². The second kappa shape index (κ2) is 4.06. The highest BCUT2D eigenvalue weighted by Gasteiger charge is 2.02. The molecule has 0 spiro atoms. The van der Waals surface area contributed by atoms with Gasteiger partial charge in [-0.3, -0.25) is 0 Å². The molecule has 3 nitrogen and oxygen atoms in total. The highest BCUT2D eigenvalue weighted by atomic mass is 79.9. The standard InChI is InChI=1S/C9H8BrN3S/c1-11-9-12-4-6(5-13-9)7-2-3-8(10)14-7/h2-5H,1H3,(H,11,12,13). The summed E-state index contributed by atoms with van der Waals surface area (Å²) in [6.45, 7) is 0. The average molecular weight is 270 g/mol. The van der Waals surface area contributed by atoms with Gasteiger partial charge in [0, 0.05) is 29.9 Å². The summed E-state index contributed by atoms with van der Waals surface area (Å²) in [5.41, 5.74) is 1.04. The Balaban J connectivity index is 2.33. The summed E-state index contributed by atoms with van der Waals surface area (Å²) in [5, 5.41) is 2.88. The summed E-state index contributed by atoms with van der Waals surface area (Å²) in [4.78, 5) is 9.47. The van der Waals surface area contributed by atoms with Crippen molar-refractivity contribution >= 4 is 33.2 Å². The number of aromatic nitrogens is 2. The minimum atomic E-state index is 0.643. The van der Waals surface area contributed by atoms with Gasteiger partial charge in [0.2, 0.25) is 5.95 Å². The zero-order chi connectivity index (χ0) is 9.97. The zero-order valence-electron chi connectivity index (χ0n) is 7.49. The van der Waals surface area contributed by atoms with E-state index in [2.05, 4.69) is 31.2 Å². The predicted octanol–water partition coefficient (Wildman–Crippen LogP) is 3.01. The van der Waals surface area contributed by atoms with Gasteiger partial charge in [-0.1, -0.05) is 0 Å². The van der Waals surface area contributed by atoms with Crippen molar-refractivity contribution in [3.63, 3.8) is 0 Å². The fourth-order valence-corrected chi connectivity index (χ4v) is 2.41. The van der Waals surface area contributed by atoms with Gasteiger partial charge >= 0.3 is 0 Å². The van der Waals surface area contributed by atoms with Crippen LogP contribution in [0.2, 0.25) is 0 Å². The largest absolute Gasteiger partial charge is 0.357 e. The Bertz CT molecular complexity index is 424. The van der Waals surface area contributed by atoms with E-state index in [0.717, 1.165) is 9.35 Å². The summed E-state index contributed by atoms with van der Waals surface area (Å²) >= 11 is 5.09. The molecule has 0 saturated carbocycles. The van der Waals surface area contributed by atoms with Crippen LogP contribution in [-0.2, 0) is 0 Å². The van der Waals surface area contributed by atoms with E-state index >= 15 is 0 Å². The molecular weight excluding hydrogens is 262 g/mol. The van der Waals surface area contributed by atoms with Gasteiger partial charge in [-0.2, -0.15) is 0 Å². The van der Waals surface area contributed by atoms with E-state index in [1.54, 1.807) is 18.4 Å². The lowest BCUT2D eigenvalue weighted by molar-refractivity contribution is 1.15. The molecule has 2 aromatic heterocycles. The summed E-state index contributed by atoms with van der Waals surface area (Å²) in [6, 6.07) is 4.07. The van der Waals surface area contributed by atoms with Gasteiger partial charge in [-0.15, -0.1) is 11.3 Å². The van der Waals surface area contributed by atoms with Crippen molar-refractivity contribution in [2.75, 3.05) is 12.4 Å². The second-order valence-electron chi connectivity index (χ2n) is 2.65. The Hall–Kier alpha value is -0.940. The normalized spacial score (nSPS) is 10.1. The fraction of sp³-hybridized carbons (Fsp3) is 0.111. The molecule has 0 aliphatic heterocycles. The number of rotatable bonds is 2. The molecule has 0 atom stereocenters. The third kappa shape index (κ3) is 1.93. The predicted molar refractivity (Wildman–Crippen MR) is 62.6 cm³/mol. The van der Waals surface area contributed by atoms with Crippen LogP contribution >= 0.6 is 27.3 Å². The van der Waals surface area contributed by atoms with Crippen LogP contribution in [0.1, 0.15) is 0 Å². The van der Waals surface area contributed by atoms with E-state index < -0.39 is 0 Å². The van der Waals surface area contributed by atoms with Crippen LogP contribution in [0.3, 0.4) is 0 Å². The maximum Gasteiger partial charge on any atom is 0.222 e. The van der Waals surface area contributed by atoms with Crippen LogP contribution in [0.15, 0.2) is 28.3 Å². The Morgan fingerprint density at radius 2 is 2.00 bits per heavy atom. The number of halogens is 1. The molecule has 0 aliphatic rings. The molecule has 0 aliphatic carbocycles. The van der Waals surface area contributed by atoms with E-state index in [0.29, 0.717) is 5.95 Å². The lowest BCUT2D eigenvalue weighted by Crippen LogP contribution is -1.94. The molecule has 0 unspecified atom stereocenters. The topological polar surface area (TPSA) is 37.8 Å². The number of hydrogen-bond acceptors (Lipinski definition) is 4. The monoisotopic (exact) mass is 269 g/mol. The van der Waals surface area contributed by atoms with Gasteiger partial charge in [0.25, 0.3) is 0 Å². The summed E-state index contributed by atoms with van der Waals surface area (Å²) in [7, 11) is 1.80. The highest BCUT2D eigenvalue weighted by molar-refractivity contribution is 9.11. The smallest absolute Gasteiger partial charge is 0.222 e. The Labute approximate surface area is 94.4 Å². The molecule has 0 fully saturated rings. The van der Waals surface area contributed by atoms with E-state index in [4.69, 9.17) is 0 Å². The van der Waals surface area contributed by atoms with Crippen molar-refractivity contribution in [3.05, 3.63) is 28.3 Å². The van der Waals surface area contributed by atoms with Crippen LogP contribution in [-0.4, -0.2) is 17.0 Å². The molecule has 1 N–H and O–H groups in total. The van der Waals surface area contributed by atoms with Gasteiger partial charge in [-0.05, 0) is 28.1 Å².